The van der Waals surface area contributed by atoms with Gasteiger partial charge in [-0.3, -0.25) is 0 Å². The quantitative estimate of drug-likeness (QED) is 0.648. The van der Waals surface area contributed by atoms with Crippen LogP contribution in [0.1, 0.15) is 32.6 Å². The zero-order chi connectivity index (χ0) is 9.10. The molecular formula is C11H22N2. The molecule has 0 amide bonds. The molecule has 2 atom stereocenters. The largest absolute Gasteiger partial charge is 0.317 e. The van der Waals surface area contributed by atoms with E-state index in [0.29, 0.717) is 0 Å². The Labute approximate surface area is 81.7 Å². The van der Waals surface area contributed by atoms with Crippen molar-refractivity contribution in [2.75, 3.05) is 26.2 Å². The third-order valence-corrected chi connectivity index (χ3v) is 3.57. The molecule has 2 fully saturated rings. The number of hydrogen-bond donors (Lipinski definition) is 1. The van der Waals surface area contributed by atoms with Gasteiger partial charge in [-0.25, -0.2) is 0 Å². The first kappa shape index (κ1) is 9.47. The minimum Gasteiger partial charge on any atom is -0.317 e. The van der Waals surface area contributed by atoms with Crippen molar-refractivity contribution in [3.8, 4) is 0 Å². The van der Waals surface area contributed by atoms with Crippen molar-refractivity contribution < 1.29 is 0 Å². The summed E-state index contributed by atoms with van der Waals surface area (Å²) in [5.74, 6) is 1.06. The SMILES string of the molecule is CCNCCCN1CC2CCC1C2. The van der Waals surface area contributed by atoms with Crippen LogP contribution >= 0.6 is 0 Å². The standard InChI is InChI=1S/C11H22N2/c1-2-12-6-3-7-13-9-10-4-5-11(13)8-10/h10-12H,2-9H2,1H3. The summed E-state index contributed by atoms with van der Waals surface area (Å²) in [5.41, 5.74) is 0. The van der Waals surface area contributed by atoms with E-state index < -0.39 is 0 Å². The van der Waals surface area contributed by atoms with Crippen molar-refractivity contribution in [3.05, 3.63) is 0 Å². The molecule has 0 aromatic heterocycles. The number of nitrogens with zero attached hydrogens (tertiary/aromatic N) is 1. The number of piperidine rings is 1. The zero-order valence-electron chi connectivity index (χ0n) is 8.76. The van der Waals surface area contributed by atoms with E-state index in [9.17, 15) is 0 Å². The van der Waals surface area contributed by atoms with Gasteiger partial charge in [0.25, 0.3) is 0 Å². The van der Waals surface area contributed by atoms with E-state index in [1.807, 2.05) is 0 Å². The van der Waals surface area contributed by atoms with Gasteiger partial charge in [-0.05, 0) is 51.2 Å². The van der Waals surface area contributed by atoms with E-state index in [-0.39, 0.29) is 0 Å². The van der Waals surface area contributed by atoms with Crippen LogP contribution in [-0.4, -0.2) is 37.1 Å². The number of fused-ring (bicyclic) bond motifs is 2. The van der Waals surface area contributed by atoms with E-state index in [1.165, 1.54) is 45.3 Å². The molecule has 0 radical (unpaired) electrons. The highest BCUT2D eigenvalue weighted by Gasteiger charge is 2.36. The molecule has 13 heavy (non-hydrogen) atoms. The Morgan fingerprint density at radius 1 is 1.38 bits per heavy atom. The van der Waals surface area contributed by atoms with Crippen LogP contribution < -0.4 is 5.32 Å². The molecule has 1 N–H and O–H groups in total. The Morgan fingerprint density at radius 3 is 2.92 bits per heavy atom. The second-order valence-electron chi connectivity index (χ2n) is 4.53. The predicted octanol–water partition coefficient (Wildman–Crippen LogP) is 1.47. The molecular weight excluding hydrogens is 160 g/mol. The van der Waals surface area contributed by atoms with Gasteiger partial charge >= 0.3 is 0 Å². The average molecular weight is 182 g/mol. The molecule has 1 heterocycles. The van der Waals surface area contributed by atoms with E-state index in [0.717, 1.165) is 18.5 Å². The summed E-state index contributed by atoms with van der Waals surface area (Å²) in [6.45, 7) is 7.22. The molecule has 1 aliphatic carbocycles. The average Bonchev–Trinajstić information content (AvgIpc) is 2.73. The molecule has 1 aliphatic heterocycles. The van der Waals surface area contributed by atoms with Crippen LogP contribution in [-0.2, 0) is 0 Å². The summed E-state index contributed by atoms with van der Waals surface area (Å²) in [4.78, 5) is 2.71. The van der Waals surface area contributed by atoms with Gasteiger partial charge in [-0.2, -0.15) is 0 Å². The molecule has 2 rings (SSSR count). The van der Waals surface area contributed by atoms with Gasteiger partial charge in [0.15, 0.2) is 0 Å². The molecule has 0 aromatic rings. The highest BCUT2D eigenvalue weighted by atomic mass is 15.2. The van der Waals surface area contributed by atoms with Gasteiger partial charge in [-0.1, -0.05) is 6.92 Å². The third kappa shape index (κ3) is 2.23. The highest BCUT2D eigenvalue weighted by molar-refractivity contribution is 4.91. The molecule has 2 unspecified atom stereocenters. The minimum atomic E-state index is 0.964. The van der Waals surface area contributed by atoms with Crippen molar-refractivity contribution >= 4 is 0 Å². The molecule has 76 valence electrons. The number of likely N-dealkylation sites (tertiary alicyclic amines) is 1. The molecule has 2 nitrogen and oxygen atoms in total. The van der Waals surface area contributed by atoms with Crippen molar-refractivity contribution in [2.45, 2.75) is 38.6 Å². The van der Waals surface area contributed by atoms with Crippen molar-refractivity contribution in [1.29, 1.82) is 0 Å². The Bertz CT molecular complexity index is 158. The molecule has 2 aliphatic rings. The fourth-order valence-electron chi connectivity index (χ4n) is 2.88. The van der Waals surface area contributed by atoms with Crippen LogP contribution in [0, 0.1) is 5.92 Å². The van der Waals surface area contributed by atoms with E-state index in [4.69, 9.17) is 0 Å². The van der Waals surface area contributed by atoms with Gasteiger partial charge in [0, 0.05) is 12.6 Å². The Morgan fingerprint density at radius 2 is 2.31 bits per heavy atom. The van der Waals surface area contributed by atoms with Gasteiger partial charge in [-0.15, -0.1) is 0 Å². The summed E-state index contributed by atoms with van der Waals surface area (Å²) < 4.78 is 0. The van der Waals surface area contributed by atoms with Gasteiger partial charge in [0.1, 0.15) is 0 Å². The second-order valence-corrected chi connectivity index (χ2v) is 4.53. The first-order chi connectivity index (χ1) is 6.40. The fourth-order valence-corrected chi connectivity index (χ4v) is 2.88. The molecule has 0 spiro atoms. The Hall–Kier alpha value is -0.0800. The Kier molecular flexibility index (Phi) is 3.23. The monoisotopic (exact) mass is 182 g/mol. The van der Waals surface area contributed by atoms with Crippen LogP contribution in [0.25, 0.3) is 0 Å². The number of hydrogen-bond acceptors (Lipinski definition) is 2. The van der Waals surface area contributed by atoms with Crippen LogP contribution in [0.2, 0.25) is 0 Å². The van der Waals surface area contributed by atoms with Crippen LogP contribution in [0.5, 0.6) is 0 Å². The molecule has 2 bridgehead atoms. The van der Waals surface area contributed by atoms with Crippen LogP contribution in [0.15, 0.2) is 0 Å². The minimum absolute atomic E-state index is 0.964. The second kappa shape index (κ2) is 4.43. The maximum absolute atomic E-state index is 3.39. The first-order valence-electron chi connectivity index (χ1n) is 5.85. The normalized spacial score (nSPS) is 33.0. The number of nitrogens with one attached hydrogen (secondary N) is 1. The molecule has 2 heteroatoms. The molecule has 1 saturated carbocycles. The zero-order valence-corrected chi connectivity index (χ0v) is 8.76. The van der Waals surface area contributed by atoms with E-state index in [2.05, 4.69) is 17.1 Å². The van der Waals surface area contributed by atoms with Crippen molar-refractivity contribution in [3.63, 3.8) is 0 Å². The van der Waals surface area contributed by atoms with Gasteiger partial charge in [0.05, 0.1) is 0 Å². The predicted molar refractivity (Wildman–Crippen MR) is 55.9 cm³/mol. The van der Waals surface area contributed by atoms with E-state index >= 15 is 0 Å². The first-order valence-corrected chi connectivity index (χ1v) is 5.85. The number of rotatable bonds is 5. The summed E-state index contributed by atoms with van der Waals surface area (Å²) in [5, 5.41) is 3.39. The maximum Gasteiger partial charge on any atom is 0.00986 e. The maximum atomic E-state index is 3.39. The lowest BCUT2D eigenvalue weighted by Gasteiger charge is -2.26. The Balaban J connectivity index is 1.60. The van der Waals surface area contributed by atoms with Gasteiger partial charge < -0.3 is 10.2 Å². The summed E-state index contributed by atoms with van der Waals surface area (Å²) in [7, 11) is 0. The van der Waals surface area contributed by atoms with Crippen molar-refractivity contribution in [1.82, 2.24) is 10.2 Å². The molecule has 0 aromatic carbocycles. The lowest BCUT2D eigenvalue weighted by Crippen LogP contribution is -2.34. The van der Waals surface area contributed by atoms with Crippen molar-refractivity contribution in [2.24, 2.45) is 5.92 Å². The summed E-state index contributed by atoms with van der Waals surface area (Å²) in [6.07, 6.45) is 5.82. The van der Waals surface area contributed by atoms with Gasteiger partial charge in [0.2, 0.25) is 0 Å². The topological polar surface area (TPSA) is 15.3 Å². The fraction of sp³-hybridized carbons (Fsp3) is 1.00. The lowest BCUT2D eigenvalue weighted by molar-refractivity contribution is 0.211. The van der Waals surface area contributed by atoms with E-state index in [1.54, 1.807) is 0 Å². The highest BCUT2D eigenvalue weighted by Crippen LogP contribution is 2.37. The summed E-state index contributed by atoms with van der Waals surface area (Å²) in [6, 6.07) is 0.964. The third-order valence-electron chi connectivity index (χ3n) is 3.57. The van der Waals surface area contributed by atoms with Crippen LogP contribution in [0.3, 0.4) is 0 Å². The van der Waals surface area contributed by atoms with Crippen LogP contribution in [0.4, 0.5) is 0 Å². The molecule has 1 saturated heterocycles. The summed E-state index contributed by atoms with van der Waals surface area (Å²) >= 11 is 0. The lowest BCUT2D eigenvalue weighted by atomic mass is 10.1. The smallest absolute Gasteiger partial charge is 0.00986 e.